The monoisotopic (exact) mass is 260 g/mol. The average molecular weight is 261 g/mol. The predicted octanol–water partition coefficient (Wildman–Crippen LogP) is 4.10. The van der Waals surface area contributed by atoms with Crippen molar-refractivity contribution in [3.8, 4) is 11.4 Å². The van der Waals surface area contributed by atoms with Gasteiger partial charge in [0.05, 0.1) is 5.52 Å². The van der Waals surface area contributed by atoms with E-state index in [-0.39, 0.29) is 5.82 Å². The summed E-state index contributed by atoms with van der Waals surface area (Å²) in [7, 11) is 0. The van der Waals surface area contributed by atoms with Crippen molar-refractivity contribution in [1.82, 2.24) is 9.38 Å². The van der Waals surface area contributed by atoms with E-state index in [2.05, 4.69) is 4.98 Å². The average Bonchev–Trinajstić information content (AvgIpc) is 2.69. The summed E-state index contributed by atoms with van der Waals surface area (Å²) < 4.78 is 15.2. The molecule has 0 N–H and O–H groups in total. The predicted molar refractivity (Wildman–Crippen MR) is 70.3 cm³/mol. The molecule has 0 radical (unpaired) electrons. The lowest BCUT2D eigenvalue weighted by molar-refractivity contribution is 0.628. The quantitative estimate of drug-likeness (QED) is 0.644. The molecule has 0 aliphatic carbocycles. The summed E-state index contributed by atoms with van der Waals surface area (Å²) in [5.41, 5.74) is 2.55. The summed E-state index contributed by atoms with van der Waals surface area (Å²) in [6.07, 6.45) is 0. The van der Waals surface area contributed by atoms with Crippen LogP contribution in [0.2, 0.25) is 5.15 Å². The summed E-state index contributed by atoms with van der Waals surface area (Å²) in [4.78, 5) is 4.32. The lowest BCUT2D eigenvalue weighted by atomic mass is 10.2. The fourth-order valence-corrected chi connectivity index (χ4v) is 2.31. The molecular formula is C14H10ClFN2. The molecule has 4 heteroatoms. The van der Waals surface area contributed by atoms with Gasteiger partial charge in [0.15, 0.2) is 5.15 Å². The third kappa shape index (κ3) is 1.68. The molecule has 0 unspecified atom stereocenters. The van der Waals surface area contributed by atoms with Crippen LogP contribution in [0.4, 0.5) is 4.39 Å². The second-order valence-corrected chi connectivity index (χ2v) is 4.48. The van der Waals surface area contributed by atoms with Crippen molar-refractivity contribution in [1.29, 1.82) is 0 Å². The first kappa shape index (κ1) is 11.2. The van der Waals surface area contributed by atoms with Gasteiger partial charge >= 0.3 is 0 Å². The highest BCUT2D eigenvalue weighted by molar-refractivity contribution is 6.32. The number of aromatic nitrogens is 2. The fraction of sp³-hybridized carbons (Fsp3) is 0.0714. The molecule has 3 rings (SSSR count). The number of pyridine rings is 1. The molecule has 0 fully saturated rings. The van der Waals surface area contributed by atoms with Crippen molar-refractivity contribution in [2.45, 2.75) is 6.92 Å². The van der Waals surface area contributed by atoms with Crippen LogP contribution < -0.4 is 0 Å². The Morgan fingerprint density at radius 3 is 2.72 bits per heavy atom. The summed E-state index contributed by atoms with van der Waals surface area (Å²) in [6.45, 7) is 1.97. The molecule has 0 spiro atoms. The van der Waals surface area contributed by atoms with Crippen molar-refractivity contribution in [2.24, 2.45) is 0 Å². The molecule has 0 atom stereocenters. The molecule has 2 aromatic heterocycles. The molecule has 18 heavy (non-hydrogen) atoms. The molecule has 0 bridgehead atoms. The molecule has 3 aromatic rings. The fourth-order valence-electron chi connectivity index (χ4n) is 2.08. The van der Waals surface area contributed by atoms with Crippen LogP contribution in [0.3, 0.4) is 0 Å². The smallest absolute Gasteiger partial charge is 0.155 e. The second kappa shape index (κ2) is 4.10. The van der Waals surface area contributed by atoms with Gasteiger partial charge in [0.1, 0.15) is 11.6 Å². The van der Waals surface area contributed by atoms with Gasteiger partial charge < -0.3 is 0 Å². The highest BCUT2D eigenvalue weighted by Crippen LogP contribution is 2.27. The first-order valence-electron chi connectivity index (χ1n) is 5.56. The van der Waals surface area contributed by atoms with Gasteiger partial charge in [-0.3, -0.25) is 4.40 Å². The van der Waals surface area contributed by atoms with Gasteiger partial charge in [-0.1, -0.05) is 29.8 Å². The van der Waals surface area contributed by atoms with Crippen LogP contribution >= 0.6 is 11.6 Å². The molecule has 90 valence electrons. The maximum Gasteiger partial charge on any atom is 0.155 e. The number of hydrogen-bond donors (Lipinski definition) is 0. The topological polar surface area (TPSA) is 17.3 Å². The van der Waals surface area contributed by atoms with Gasteiger partial charge in [0, 0.05) is 11.3 Å². The Balaban J connectivity index is 2.36. The molecular weight excluding hydrogens is 251 g/mol. The van der Waals surface area contributed by atoms with E-state index in [1.54, 1.807) is 6.07 Å². The van der Waals surface area contributed by atoms with Gasteiger partial charge in [-0.05, 0) is 31.2 Å². The third-order valence-electron chi connectivity index (χ3n) is 2.90. The number of halogens is 2. The highest BCUT2D eigenvalue weighted by atomic mass is 35.5. The Hall–Kier alpha value is -1.87. The molecule has 2 heterocycles. The van der Waals surface area contributed by atoms with Crippen LogP contribution in [0.5, 0.6) is 0 Å². The van der Waals surface area contributed by atoms with Crippen LogP contribution in [0.1, 0.15) is 5.69 Å². The van der Waals surface area contributed by atoms with Gasteiger partial charge in [-0.2, -0.15) is 0 Å². The first-order valence-corrected chi connectivity index (χ1v) is 5.94. The van der Waals surface area contributed by atoms with Crippen molar-refractivity contribution in [3.05, 3.63) is 59.1 Å². The van der Waals surface area contributed by atoms with E-state index in [0.29, 0.717) is 16.5 Å². The summed E-state index contributed by atoms with van der Waals surface area (Å²) in [5, 5.41) is 0.429. The summed E-state index contributed by atoms with van der Waals surface area (Å²) in [6, 6.07) is 12.1. The van der Waals surface area contributed by atoms with Gasteiger partial charge in [0.25, 0.3) is 0 Å². The van der Waals surface area contributed by atoms with E-state index in [0.717, 1.165) is 11.2 Å². The van der Waals surface area contributed by atoms with E-state index in [1.165, 1.54) is 12.1 Å². The largest absolute Gasteiger partial charge is 0.295 e. The number of hydrogen-bond acceptors (Lipinski definition) is 1. The van der Waals surface area contributed by atoms with E-state index in [9.17, 15) is 4.39 Å². The zero-order chi connectivity index (χ0) is 12.7. The number of benzene rings is 1. The number of imidazole rings is 1. The SMILES string of the molecule is Cc1cccc2c(Cl)nc(-c3cccc(F)c3)n12. The van der Waals surface area contributed by atoms with Crippen LogP contribution in [0, 0.1) is 12.7 Å². The molecule has 2 nitrogen and oxygen atoms in total. The van der Waals surface area contributed by atoms with Crippen LogP contribution in [-0.2, 0) is 0 Å². The van der Waals surface area contributed by atoms with Crippen LogP contribution in [0.25, 0.3) is 16.9 Å². The molecule has 0 aliphatic heterocycles. The van der Waals surface area contributed by atoms with Gasteiger partial charge in [-0.25, -0.2) is 9.37 Å². The van der Waals surface area contributed by atoms with E-state index in [4.69, 9.17) is 11.6 Å². The van der Waals surface area contributed by atoms with Crippen molar-refractivity contribution in [2.75, 3.05) is 0 Å². The minimum Gasteiger partial charge on any atom is -0.295 e. The normalized spacial score (nSPS) is 11.1. The molecule has 0 aliphatic rings. The van der Waals surface area contributed by atoms with E-state index in [1.807, 2.05) is 35.6 Å². The minimum atomic E-state index is -0.283. The molecule has 0 saturated carbocycles. The Morgan fingerprint density at radius 1 is 1.17 bits per heavy atom. The van der Waals surface area contributed by atoms with Crippen molar-refractivity contribution < 1.29 is 4.39 Å². The Morgan fingerprint density at radius 2 is 1.94 bits per heavy atom. The van der Waals surface area contributed by atoms with Crippen LogP contribution in [0.15, 0.2) is 42.5 Å². The third-order valence-corrected chi connectivity index (χ3v) is 3.17. The lowest BCUT2D eigenvalue weighted by Gasteiger charge is -2.04. The Labute approximate surface area is 109 Å². The van der Waals surface area contributed by atoms with Crippen LogP contribution in [-0.4, -0.2) is 9.38 Å². The number of aryl methyl sites for hydroxylation is 1. The molecule has 1 aromatic carbocycles. The van der Waals surface area contributed by atoms with Crippen molar-refractivity contribution in [3.63, 3.8) is 0 Å². The highest BCUT2D eigenvalue weighted by Gasteiger charge is 2.12. The Bertz CT molecular complexity index is 734. The second-order valence-electron chi connectivity index (χ2n) is 4.12. The molecule has 0 saturated heterocycles. The van der Waals surface area contributed by atoms with Gasteiger partial charge in [0.2, 0.25) is 0 Å². The van der Waals surface area contributed by atoms with Crippen molar-refractivity contribution >= 4 is 17.1 Å². The maximum absolute atomic E-state index is 13.3. The van der Waals surface area contributed by atoms with E-state index >= 15 is 0 Å². The minimum absolute atomic E-state index is 0.283. The number of rotatable bonds is 1. The first-order chi connectivity index (χ1) is 8.66. The number of fused-ring (bicyclic) bond motifs is 1. The summed E-state index contributed by atoms with van der Waals surface area (Å²) in [5.74, 6) is 0.376. The summed E-state index contributed by atoms with van der Waals surface area (Å²) >= 11 is 6.11. The van der Waals surface area contributed by atoms with Gasteiger partial charge in [-0.15, -0.1) is 0 Å². The lowest BCUT2D eigenvalue weighted by Crippen LogP contribution is -1.94. The zero-order valence-electron chi connectivity index (χ0n) is 9.69. The standard InChI is InChI=1S/C14H10ClFN2/c1-9-4-2-7-12-13(15)17-14(18(9)12)10-5-3-6-11(16)8-10/h2-8H,1H3. The Kier molecular flexibility index (Phi) is 2.56. The number of nitrogens with zero attached hydrogens (tertiary/aromatic N) is 2. The maximum atomic E-state index is 13.3. The zero-order valence-corrected chi connectivity index (χ0v) is 10.4. The van der Waals surface area contributed by atoms with E-state index < -0.39 is 0 Å². The molecule has 0 amide bonds.